The Hall–Kier alpha value is -1.68. The van der Waals surface area contributed by atoms with E-state index in [2.05, 4.69) is 32.2 Å². The Kier molecular flexibility index (Phi) is 5.30. The molecule has 0 aliphatic carbocycles. The van der Waals surface area contributed by atoms with Gasteiger partial charge in [0.15, 0.2) is 0 Å². The van der Waals surface area contributed by atoms with Crippen molar-refractivity contribution in [2.24, 2.45) is 0 Å². The largest absolute Gasteiger partial charge is 0.492 e. The van der Waals surface area contributed by atoms with Crippen LogP contribution >= 0.6 is 15.9 Å². The molecule has 106 valence electrons. The van der Waals surface area contributed by atoms with Crippen molar-refractivity contribution in [3.8, 4) is 5.75 Å². The molecule has 0 saturated heterocycles. The fraction of sp³-hybridized carbons (Fsp3) is 0.250. The Morgan fingerprint density at radius 1 is 1.10 bits per heavy atom. The third kappa shape index (κ3) is 4.17. The molecule has 2 aromatic carbocycles. The first-order chi connectivity index (χ1) is 9.66. The Balaban J connectivity index is 1.82. The number of nitrogens with one attached hydrogen (secondary N) is 1. The van der Waals surface area contributed by atoms with Crippen LogP contribution in [-0.4, -0.2) is 27.2 Å². The van der Waals surface area contributed by atoms with E-state index in [9.17, 15) is 0 Å². The first-order valence-electron chi connectivity index (χ1n) is 6.55. The summed E-state index contributed by atoms with van der Waals surface area (Å²) < 4.78 is 6.82. The van der Waals surface area contributed by atoms with Crippen molar-refractivity contribution in [3.05, 3.63) is 53.0 Å². The highest BCUT2D eigenvalue weighted by Crippen LogP contribution is 2.21. The number of para-hydroxylation sites is 1. The summed E-state index contributed by atoms with van der Waals surface area (Å²) in [6.45, 7) is 1.38. The van der Waals surface area contributed by atoms with Crippen LogP contribution in [-0.2, 0) is 0 Å². The van der Waals surface area contributed by atoms with Crippen LogP contribution in [0.1, 0.15) is 0 Å². The van der Waals surface area contributed by atoms with Crippen LogP contribution in [0.5, 0.6) is 5.75 Å². The van der Waals surface area contributed by atoms with E-state index in [-0.39, 0.29) is 0 Å². The highest BCUT2D eigenvalue weighted by Gasteiger charge is 2.00. The maximum Gasteiger partial charge on any atom is 0.121 e. The molecular weight excluding hydrogens is 316 g/mol. The summed E-state index contributed by atoms with van der Waals surface area (Å²) in [5.74, 6) is 0.894. The molecule has 0 spiro atoms. The van der Waals surface area contributed by atoms with Crippen molar-refractivity contribution in [2.45, 2.75) is 0 Å². The molecule has 2 rings (SSSR count). The topological polar surface area (TPSA) is 24.5 Å². The molecule has 20 heavy (non-hydrogen) atoms. The van der Waals surface area contributed by atoms with E-state index in [1.807, 2.05) is 56.6 Å². The molecule has 0 heterocycles. The van der Waals surface area contributed by atoms with E-state index >= 15 is 0 Å². The first-order valence-corrected chi connectivity index (χ1v) is 7.35. The van der Waals surface area contributed by atoms with E-state index in [1.54, 1.807) is 0 Å². The SMILES string of the molecule is CN(C)c1cccc(OCCNc2ccccc2Br)c1. The van der Waals surface area contributed by atoms with Gasteiger partial charge in [-0.05, 0) is 40.2 Å². The maximum atomic E-state index is 5.75. The Morgan fingerprint density at radius 2 is 1.90 bits per heavy atom. The zero-order valence-corrected chi connectivity index (χ0v) is 13.4. The van der Waals surface area contributed by atoms with Gasteiger partial charge in [0.05, 0.1) is 0 Å². The molecule has 0 atom stereocenters. The third-order valence-corrected chi connectivity index (χ3v) is 3.59. The van der Waals surface area contributed by atoms with Crippen molar-refractivity contribution in [1.82, 2.24) is 0 Å². The average Bonchev–Trinajstić information content (AvgIpc) is 2.45. The van der Waals surface area contributed by atoms with E-state index in [0.29, 0.717) is 6.61 Å². The molecule has 3 nitrogen and oxygen atoms in total. The van der Waals surface area contributed by atoms with Gasteiger partial charge in [-0.2, -0.15) is 0 Å². The highest BCUT2D eigenvalue weighted by molar-refractivity contribution is 9.10. The van der Waals surface area contributed by atoms with Crippen molar-refractivity contribution in [2.75, 3.05) is 37.5 Å². The summed E-state index contributed by atoms with van der Waals surface area (Å²) in [5.41, 5.74) is 2.22. The van der Waals surface area contributed by atoms with Crippen molar-refractivity contribution < 1.29 is 4.74 Å². The molecule has 0 amide bonds. The van der Waals surface area contributed by atoms with Gasteiger partial charge in [-0.3, -0.25) is 0 Å². The molecule has 0 radical (unpaired) electrons. The van der Waals surface area contributed by atoms with Crippen LogP contribution in [0.3, 0.4) is 0 Å². The van der Waals surface area contributed by atoms with Gasteiger partial charge in [-0.25, -0.2) is 0 Å². The van der Waals surface area contributed by atoms with E-state index in [0.717, 1.165) is 28.1 Å². The number of ether oxygens (including phenoxy) is 1. The van der Waals surface area contributed by atoms with Gasteiger partial charge in [0.1, 0.15) is 12.4 Å². The summed E-state index contributed by atoms with van der Waals surface area (Å²) in [6, 6.07) is 16.1. The number of nitrogens with zero attached hydrogens (tertiary/aromatic N) is 1. The second-order valence-electron chi connectivity index (χ2n) is 4.65. The normalized spacial score (nSPS) is 10.2. The third-order valence-electron chi connectivity index (χ3n) is 2.89. The zero-order valence-electron chi connectivity index (χ0n) is 11.8. The molecule has 4 heteroatoms. The van der Waals surface area contributed by atoms with Crippen LogP contribution < -0.4 is 15.0 Å². The maximum absolute atomic E-state index is 5.75. The monoisotopic (exact) mass is 334 g/mol. The average molecular weight is 335 g/mol. The van der Waals surface area contributed by atoms with Crippen molar-refractivity contribution >= 4 is 27.3 Å². The quantitative estimate of drug-likeness (QED) is 0.808. The molecule has 1 N–H and O–H groups in total. The van der Waals surface area contributed by atoms with Gasteiger partial charge in [0, 0.05) is 42.6 Å². The van der Waals surface area contributed by atoms with Gasteiger partial charge < -0.3 is 15.0 Å². The summed E-state index contributed by atoms with van der Waals surface area (Å²) >= 11 is 3.51. The number of anilines is 2. The minimum Gasteiger partial charge on any atom is -0.492 e. The van der Waals surface area contributed by atoms with Crippen LogP contribution in [0.4, 0.5) is 11.4 Å². The fourth-order valence-corrected chi connectivity index (χ4v) is 2.24. The van der Waals surface area contributed by atoms with Crippen LogP contribution in [0.15, 0.2) is 53.0 Å². The number of hydrogen-bond donors (Lipinski definition) is 1. The minimum atomic E-state index is 0.623. The summed E-state index contributed by atoms with van der Waals surface area (Å²) in [5, 5.41) is 3.34. The molecule has 0 unspecified atom stereocenters. The molecule has 0 fully saturated rings. The standard InChI is InChI=1S/C16H19BrN2O/c1-19(2)13-6-5-7-14(12-13)20-11-10-18-16-9-4-3-8-15(16)17/h3-9,12,18H,10-11H2,1-2H3. The lowest BCUT2D eigenvalue weighted by Crippen LogP contribution is -2.12. The van der Waals surface area contributed by atoms with E-state index in [4.69, 9.17) is 4.74 Å². The molecule has 0 aromatic heterocycles. The first kappa shape index (κ1) is 14.7. The molecule has 0 aliphatic heterocycles. The summed E-state index contributed by atoms with van der Waals surface area (Å²) in [6.07, 6.45) is 0. The van der Waals surface area contributed by atoms with Crippen molar-refractivity contribution in [3.63, 3.8) is 0 Å². The number of benzene rings is 2. The molecule has 0 saturated carbocycles. The Labute approximate surface area is 128 Å². The second kappa shape index (κ2) is 7.20. The van der Waals surface area contributed by atoms with Gasteiger partial charge in [0.2, 0.25) is 0 Å². The summed E-state index contributed by atoms with van der Waals surface area (Å²) in [7, 11) is 4.04. The van der Waals surface area contributed by atoms with E-state index in [1.165, 1.54) is 0 Å². The summed E-state index contributed by atoms with van der Waals surface area (Å²) in [4.78, 5) is 2.06. The zero-order chi connectivity index (χ0) is 14.4. The smallest absolute Gasteiger partial charge is 0.121 e. The Bertz CT molecular complexity index is 558. The Morgan fingerprint density at radius 3 is 2.65 bits per heavy atom. The number of hydrogen-bond acceptors (Lipinski definition) is 3. The van der Waals surface area contributed by atoms with E-state index < -0.39 is 0 Å². The molecule has 2 aromatic rings. The van der Waals surface area contributed by atoms with Crippen LogP contribution in [0.25, 0.3) is 0 Å². The fourth-order valence-electron chi connectivity index (χ4n) is 1.81. The molecule has 0 aliphatic rings. The number of rotatable bonds is 6. The highest BCUT2D eigenvalue weighted by atomic mass is 79.9. The van der Waals surface area contributed by atoms with Gasteiger partial charge in [-0.15, -0.1) is 0 Å². The molecule has 0 bridgehead atoms. The van der Waals surface area contributed by atoms with Crippen molar-refractivity contribution in [1.29, 1.82) is 0 Å². The number of halogens is 1. The van der Waals surface area contributed by atoms with Gasteiger partial charge in [-0.1, -0.05) is 18.2 Å². The minimum absolute atomic E-state index is 0.623. The lowest BCUT2D eigenvalue weighted by atomic mass is 10.3. The predicted octanol–water partition coefficient (Wildman–Crippen LogP) is 4.01. The molecular formula is C16H19BrN2O. The van der Waals surface area contributed by atoms with Gasteiger partial charge in [0.25, 0.3) is 0 Å². The van der Waals surface area contributed by atoms with Crippen LogP contribution in [0, 0.1) is 0 Å². The predicted molar refractivity (Wildman–Crippen MR) is 88.9 cm³/mol. The van der Waals surface area contributed by atoms with Gasteiger partial charge >= 0.3 is 0 Å². The second-order valence-corrected chi connectivity index (χ2v) is 5.50. The lowest BCUT2D eigenvalue weighted by Gasteiger charge is -2.14. The van der Waals surface area contributed by atoms with Crippen LogP contribution in [0.2, 0.25) is 0 Å². The lowest BCUT2D eigenvalue weighted by molar-refractivity contribution is 0.333.